The van der Waals surface area contributed by atoms with Crippen LogP contribution in [0.2, 0.25) is 0 Å². The molecule has 2 N–H and O–H groups in total. The van der Waals surface area contributed by atoms with Gasteiger partial charge in [-0.3, -0.25) is 9.59 Å². The minimum Gasteiger partial charge on any atom is -0.349 e. The second kappa shape index (κ2) is 4.83. The van der Waals surface area contributed by atoms with Crippen LogP contribution in [0.5, 0.6) is 0 Å². The van der Waals surface area contributed by atoms with Gasteiger partial charge < -0.3 is 10.3 Å². The monoisotopic (exact) mass is 260 g/mol. The first kappa shape index (κ1) is 12.5. The molecule has 4 nitrogen and oxygen atoms in total. The Labute approximate surface area is 112 Å². The second-order valence-electron chi connectivity index (χ2n) is 6.04. The van der Waals surface area contributed by atoms with Gasteiger partial charge >= 0.3 is 0 Å². The van der Waals surface area contributed by atoms with Crippen molar-refractivity contribution in [3.8, 4) is 0 Å². The number of aromatic amines is 1. The summed E-state index contributed by atoms with van der Waals surface area (Å²) in [6.07, 6.45) is 6.79. The van der Waals surface area contributed by atoms with Crippen LogP contribution in [0.25, 0.3) is 0 Å². The lowest BCUT2D eigenvalue weighted by Gasteiger charge is -2.28. The zero-order valence-electron chi connectivity index (χ0n) is 11.2. The number of hydrogen-bond acceptors (Lipinski definition) is 2. The predicted molar refractivity (Wildman–Crippen MR) is 72.9 cm³/mol. The van der Waals surface area contributed by atoms with E-state index in [2.05, 4.69) is 17.2 Å². The largest absolute Gasteiger partial charge is 0.349 e. The van der Waals surface area contributed by atoms with Gasteiger partial charge in [0.15, 0.2) is 0 Å². The van der Waals surface area contributed by atoms with Crippen molar-refractivity contribution in [2.45, 2.75) is 38.6 Å². The van der Waals surface area contributed by atoms with Crippen LogP contribution in [-0.2, 0) is 0 Å². The molecule has 0 aromatic carbocycles. The highest BCUT2D eigenvalue weighted by Gasteiger charge is 2.42. The van der Waals surface area contributed by atoms with Crippen molar-refractivity contribution in [1.82, 2.24) is 10.3 Å². The summed E-state index contributed by atoms with van der Waals surface area (Å²) in [7, 11) is 0. The third kappa shape index (κ3) is 2.44. The predicted octanol–water partition coefficient (Wildman–Crippen LogP) is 1.93. The van der Waals surface area contributed by atoms with Crippen molar-refractivity contribution in [3.05, 3.63) is 34.2 Å². The van der Waals surface area contributed by atoms with Gasteiger partial charge in [-0.2, -0.15) is 0 Å². The Morgan fingerprint density at radius 3 is 2.79 bits per heavy atom. The van der Waals surface area contributed by atoms with Gasteiger partial charge in [-0.05, 0) is 50.0 Å². The van der Waals surface area contributed by atoms with E-state index >= 15 is 0 Å². The molecule has 19 heavy (non-hydrogen) atoms. The van der Waals surface area contributed by atoms with Gasteiger partial charge in [0.2, 0.25) is 5.56 Å². The molecule has 1 aromatic heterocycles. The molecule has 0 saturated heterocycles. The van der Waals surface area contributed by atoms with Crippen LogP contribution in [0.4, 0.5) is 0 Å². The van der Waals surface area contributed by atoms with Crippen molar-refractivity contribution in [2.24, 2.45) is 17.8 Å². The zero-order valence-corrected chi connectivity index (χ0v) is 11.2. The molecular formula is C15H20N2O2. The van der Waals surface area contributed by atoms with Crippen molar-refractivity contribution < 1.29 is 4.79 Å². The number of carbonyl (C=O) groups is 1. The van der Waals surface area contributed by atoms with Crippen molar-refractivity contribution >= 4 is 5.91 Å². The smallest absolute Gasteiger partial charge is 0.252 e. The molecule has 2 aliphatic carbocycles. The summed E-state index contributed by atoms with van der Waals surface area (Å²) in [5, 5.41) is 3.08. The molecule has 0 aliphatic heterocycles. The van der Waals surface area contributed by atoms with Crippen LogP contribution < -0.4 is 10.9 Å². The lowest BCUT2D eigenvalue weighted by molar-refractivity contribution is 0.0915. The number of fused-ring (bicyclic) bond motifs is 2. The van der Waals surface area contributed by atoms with E-state index in [1.165, 1.54) is 37.9 Å². The van der Waals surface area contributed by atoms with E-state index in [1.807, 2.05) is 0 Å². The molecular weight excluding hydrogens is 240 g/mol. The van der Waals surface area contributed by atoms with E-state index in [4.69, 9.17) is 0 Å². The highest BCUT2D eigenvalue weighted by atomic mass is 16.2. The fourth-order valence-electron chi connectivity index (χ4n) is 3.86. The Kier molecular flexibility index (Phi) is 3.17. The molecule has 4 heteroatoms. The van der Waals surface area contributed by atoms with Gasteiger partial charge in [0.1, 0.15) is 0 Å². The zero-order chi connectivity index (χ0) is 13.4. The number of hydrogen-bond donors (Lipinski definition) is 2. The van der Waals surface area contributed by atoms with Gasteiger partial charge in [-0.15, -0.1) is 0 Å². The summed E-state index contributed by atoms with van der Waals surface area (Å²) in [5.74, 6) is 2.23. The normalized spacial score (nSPS) is 30.3. The summed E-state index contributed by atoms with van der Waals surface area (Å²) in [4.78, 5) is 25.6. The average molecular weight is 260 g/mol. The molecule has 2 fully saturated rings. The molecule has 102 valence electrons. The molecule has 2 saturated carbocycles. The maximum atomic E-state index is 12.1. The number of carbonyl (C=O) groups excluding carboxylic acids is 1. The molecule has 0 radical (unpaired) electrons. The van der Waals surface area contributed by atoms with Crippen LogP contribution in [0, 0.1) is 17.8 Å². The number of amides is 1. The minimum atomic E-state index is -0.183. The molecule has 0 spiro atoms. The van der Waals surface area contributed by atoms with E-state index in [9.17, 15) is 9.59 Å². The quantitative estimate of drug-likeness (QED) is 0.872. The summed E-state index contributed by atoms with van der Waals surface area (Å²) < 4.78 is 0. The SMILES string of the molecule is C[C@H](NC(=O)c1ccc(=O)[nH]c1)[C@H]1C[C@H]2CC[C@H]1C2. The third-order valence-electron chi connectivity index (χ3n) is 4.84. The molecule has 2 aliphatic rings. The second-order valence-corrected chi connectivity index (χ2v) is 6.04. The molecule has 4 atom stereocenters. The van der Waals surface area contributed by atoms with Crippen LogP contribution in [0.1, 0.15) is 43.0 Å². The van der Waals surface area contributed by atoms with Crippen molar-refractivity contribution in [2.75, 3.05) is 0 Å². The first-order valence-electron chi connectivity index (χ1n) is 7.13. The summed E-state index contributed by atoms with van der Waals surface area (Å²) >= 11 is 0. The molecule has 1 heterocycles. The van der Waals surface area contributed by atoms with Gasteiger partial charge in [-0.25, -0.2) is 0 Å². The summed E-state index contributed by atoms with van der Waals surface area (Å²) in [6, 6.07) is 3.17. The van der Waals surface area contributed by atoms with Gasteiger partial charge in [0.25, 0.3) is 5.91 Å². The Balaban J connectivity index is 1.63. The average Bonchev–Trinajstić information content (AvgIpc) is 3.01. The maximum absolute atomic E-state index is 12.1. The van der Waals surface area contributed by atoms with Crippen molar-refractivity contribution in [1.29, 1.82) is 0 Å². The van der Waals surface area contributed by atoms with Gasteiger partial charge in [0.05, 0.1) is 5.56 Å². The fourth-order valence-corrected chi connectivity index (χ4v) is 3.86. The topological polar surface area (TPSA) is 62.0 Å². The molecule has 1 amide bonds. The number of aromatic nitrogens is 1. The Morgan fingerprint density at radius 2 is 2.21 bits per heavy atom. The first-order chi connectivity index (χ1) is 9.13. The number of pyridine rings is 1. The van der Waals surface area contributed by atoms with Crippen molar-refractivity contribution in [3.63, 3.8) is 0 Å². The molecule has 1 aromatic rings. The highest BCUT2D eigenvalue weighted by Crippen LogP contribution is 2.49. The van der Waals surface area contributed by atoms with Gasteiger partial charge in [-0.1, -0.05) is 6.42 Å². The van der Waals surface area contributed by atoms with E-state index in [0.717, 1.165) is 11.8 Å². The summed E-state index contributed by atoms with van der Waals surface area (Å²) in [6.45, 7) is 2.11. The lowest BCUT2D eigenvalue weighted by Crippen LogP contribution is -2.40. The molecule has 2 bridgehead atoms. The standard InChI is InChI=1S/C15H20N2O2/c1-9(13-7-10-2-3-11(13)6-10)17-15(19)12-4-5-14(18)16-8-12/h4-5,8-11,13H,2-3,6-7H2,1H3,(H,16,18)(H,17,19)/t9-,10-,11-,13+/m0/s1. The van der Waals surface area contributed by atoms with E-state index in [-0.39, 0.29) is 17.5 Å². The van der Waals surface area contributed by atoms with E-state index in [0.29, 0.717) is 11.5 Å². The van der Waals surface area contributed by atoms with Crippen LogP contribution in [-0.4, -0.2) is 16.9 Å². The number of nitrogens with one attached hydrogen (secondary N) is 2. The Morgan fingerprint density at radius 1 is 1.37 bits per heavy atom. The number of rotatable bonds is 3. The lowest BCUT2D eigenvalue weighted by atomic mass is 9.84. The van der Waals surface area contributed by atoms with Crippen LogP contribution in [0.3, 0.4) is 0 Å². The molecule has 3 rings (SSSR count). The third-order valence-corrected chi connectivity index (χ3v) is 4.84. The highest BCUT2D eigenvalue weighted by molar-refractivity contribution is 5.93. The fraction of sp³-hybridized carbons (Fsp3) is 0.600. The number of H-pyrrole nitrogens is 1. The minimum absolute atomic E-state index is 0.0912. The Hall–Kier alpha value is -1.58. The molecule has 0 unspecified atom stereocenters. The van der Waals surface area contributed by atoms with Crippen LogP contribution in [0.15, 0.2) is 23.1 Å². The van der Waals surface area contributed by atoms with Crippen LogP contribution >= 0.6 is 0 Å². The van der Waals surface area contributed by atoms with Gasteiger partial charge in [0, 0.05) is 18.3 Å². The summed E-state index contributed by atoms with van der Waals surface area (Å²) in [5.41, 5.74) is 0.340. The maximum Gasteiger partial charge on any atom is 0.252 e. The first-order valence-corrected chi connectivity index (χ1v) is 7.13. The van der Waals surface area contributed by atoms with E-state index in [1.54, 1.807) is 6.07 Å². The Bertz CT molecular complexity index is 517. The van der Waals surface area contributed by atoms with E-state index < -0.39 is 0 Å².